The fourth-order valence-corrected chi connectivity index (χ4v) is 2.57. The number of aromatic carboxylic acids is 1. The molecule has 6 heteroatoms. The molecule has 1 aliphatic rings. The third kappa shape index (κ3) is 4.11. The number of benzene rings is 1. The van der Waals surface area contributed by atoms with Crippen molar-refractivity contribution in [3.05, 3.63) is 23.8 Å². The smallest absolute Gasteiger partial charge is 0.337 e. The Morgan fingerprint density at radius 2 is 1.86 bits per heavy atom. The van der Waals surface area contributed by atoms with Crippen LogP contribution in [0.4, 0.5) is 10.5 Å². The summed E-state index contributed by atoms with van der Waals surface area (Å²) in [5.74, 6) is -0.658. The van der Waals surface area contributed by atoms with Gasteiger partial charge in [0.2, 0.25) is 0 Å². The number of carboxylic acids is 1. The molecule has 2 rings (SSSR count). The van der Waals surface area contributed by atoms with Crippen molar-refractivity contribution in [3.8, 4) is 5.75 Å². The average molecular weight is 292 g/mol. The Bertz CT molecular complexity index is 536. The van der Waals surface area contributed by atoms with Gasteiger partial charge in [-0.1, -0.05) is 6.92 Å². The third-order valence-electron chi connectivity index (χ3n) is 3.83. The lowest BCUT2D eigenvalue weighted by Crippen LogP contribution is -2.40. The van der Waals surface area contributed by atoms with Gasteiger partial charge < -0.3 is 20.8 Å². The van der Waals surface area contributed by atoms with E-state index in [1.54, 1.807) is 0 Å². The summed E-state index contributed by atoms with van der Waals surface area (Å²) >= 11 is 0. The minimum atomic E-state index is -1.20. The summed E-state index contributed by atoms with van der Waals surface area (Å²) in [6, 6.07) is 3.54. The Morgan fingerprint density at radius 1 is 1.19 bits per heavy atom. The van der Waals surface area contributed by atoms with Gasteiger partial charge in [0, 0.05) is 6.04 Å². The Kier molecular flexibility index (Phi) is 4.67. The molecule has 6 nitrogen and oxygen atoms in total. The van der Waals surface area contributed by atoms with Gasteiger partial charge in [-0.05, 0) is 49.8 Å². The van der Waals surface area contributed by atoms with Gasteiger partial charge in [0.05, 0.1) is 11.3 Å². The number of carboxylic acid groups (broad SMARTS) is 1. The zero-order chi connectivity index (χ0) is 15.4. The Morgan fingerprint density at radius 3 is 2.48 bits per heavy atom. The van der Waals surface area contributed by atoms with E-state index in [9.17, 15) is 14.7 Å². The number of carbonyl (C=O) groups excluding carboxylic acids is 1. The van der Waals surface area contributed by atoms with E-state index in [2.05, 4.69) is 17.6 Å². The molecular formula is C15H20N2O4. The molecule has 1 saturated carbocycles. The quantitative estimate of drug-likeness (QED) is 0.644. The summed E-state index contributed by atoms with van der Waals surface area (Å²) in [5, 5.41) is 23.8. The maximum absolute atomic E-state index is 11.9. The maximum Gasteiger partial charge on any atom is 0.337 e. The standard InChI is InChI=1S/C15H20N2O4/c1-9-2-4-10(5-3-9)16-15(21)17-13-7-6-11(18)8-12(13)14(19)20/h6-10,18H,2-5H2,1H3,(H,19,20)(H2,16,17,21). The SMILES string of the molecule is CC1CCC(NC(=O)Nc2ccc(O)cc2C(=O)O)CC1. The predicted molar refractivity (Wildman–Crippen MR) is 78.6 cm³/mol. The Hall–Kier alpha value is -2.24. The van der Waals surface area contributed by atoms with Crippen molar-refractivity contribution in [2.75, 3.05) is 5.32 Å². The van der Waals surface area contributed by atoms with Gasteiger partial charge in [0.15, 0.2) is 0 Å². The second-order valence-electron chi connectivity index (χ2n) is 5.59. The highest BCUT2D eigenvalue weighted by Gasteiger charge is 2.20. The maximum atomic E-state index is 11.9. The molecule has 0 bridgehead atoms. The number of aromatic hydroxyl groups is 1. The van der Waals surface area contributed by atoms with Gasteiger partial charge in [0.25, 0.3) is 0 Å². The molecule has 4 N–H and O–H groups in total. The molecule has 1 aliphatic carbocycles. The molecule has 0 saturated heterocycles. The summed E-state index contributed by atoms with van der Waals surface area (Å²) in [6.45, 7) is 2.20. The molecule has 2 amide bonds. The first kappa shape index (κ1) is 15.2. The average Bonchev–Trinajstić information content (AvgIpc) is 2.43. The molecule has 1 aromatic rings. The van der Waals surface area contributed by atoms with Crippen LogP contribution in [0.2, 0.25) is 0 Å². The lowest BCUT2D eigenvalue weighted by atomic mass is 9.87. The monoisotopic (exact) mass is 292 g/mol. The molecule has 114 valence electrons. The summed E-state index contributed by atoms with van der Waals surface area (Å²) in [5.41, 5.74) is 0.0318. The predicted octanol–water partition coefficient (Wildman–Crippen LogP) is 2.79. The van der Waals surface area contributed by atoms with Crippen molar-refractivity contribution in [1.82, 2.24) is 5.32 Å². The van der Waals surface area contributed by atoms with E-state index >= 15 is 0 Å². The van der Waals surface area contributed by atoms with Crippen LogP contribution in [0, 0.1) is 5.92 Å². The number of phenolic OH excluding ortho intramolecular Hbond substituents is 1. The molecule has 0 atom stereocenters. The molecule has 0 heterocycles. The van der Waals surface area contributed by atoms with E-state index in [1.807, 2.05) is 0 Å². The molecule has 0 radical (unpaired) electrons. The van der Waals surface area contributed by atoms with Gasteiger partial charge in [0.1, 0.15) is 5.75 Å². The number of hydrogen-bond donors (Lipinski definition) is 4. The van der Waals surface area contributed by atoms with Gasteiger partial charge in [-0.15, -0.1) is 0 Å². The van der Waals surface area contributed by atoms with Gasteiger partial charge in [-0.25, -0.2) is 9.59 Å². The van der Waals surface area contributed by atoms with Crippen LogP contribution < -0.4 is 10.6 Å². The van der Waals surface area contributed by atoms with Crippen molar-refractivity contribution in [2.45, 2.75) is 38.6 Å². The van der Waals surface area contributed by atoms with Crippen molar-refractivity contribution >= 4 is 17.7 Å². The molecule has 1 aromatic carbocycles. The van der Waals surface area contributed by atoms with Crippen LogP contribution in [0.1, 0.15) is 43.0 Å². The normalized spacial score (nSPS) is 21.6. The van der Waals surface area contributed by atoms with Crippen molar-refractivity contribution in [2.24, 2.45) is 5.92 Å². The van der Waals surface area contributed by atoms with E-state index < -0.39 is 12.0 Å². The lowest BCUT2D eigenvalue weighted by Gasteiger charge is -2.27. The van der Waals surface area contributed by atoms with E-state index in [-0.39, 0.29) is 23.0 Å². The van der Waals surface area contributed by atoms with Crippen LogP contribution in [-0.4, -0.2) is 28.3 Å². The Balaban J connectivity index is 1.98. The number of nitrogens with one attached hydrogen (secondary N) is 2. The highest BCUT2D eigenvalue weighted by atomic mass is 16.4. The number of rotatable bonds is 3. The van der Waals surface area contributed by atoms with Crippen LogP contribution in [0.3, 0.4) is 0 Å². The lowest BCUT2D eigenvalue weighted by molar-refractivity contribution is 0.0697. The van der Waals surface area contributed by atoms with Gasteiger partial charge in [-0.3, -0.25) is 0 Å². The fourth-order valence-electron chi connectivity index (χ4n) is 2.57. The Labute approximate surface area is 123 Å². The molecule has 0 aromatic heterocycles. The zero-order valence-electron chi connectivity index (χ0n) is 11.9. The number of phenols is 1. The van der Waals surface area contributed by atoms with E-state index in [1.165, 1.54) is 12.1 Å². The highest BCUT2D eigenvalue weighted by Crippen LogP contribution is 2.24. The summed E-state index contributed by atoms with van der Waals surface area (Å²) in [4.78, 5) is 23.0. The highest BCUT2D eigenvalue weighted by molar-refractivity contribution is 6.00. The fraction of sp³-hybridized carbons (Fsp3) is 0.467. The molecule has 0 aliphatic heterocycles. The second kappa shape index (κ2) is 6.47. The third-order valence-corrected chi connectivity index (χ3v) is 3.83. The van der Waals surface area contributed by atoms with Gasteiger partial charge in [-0.2, -0.15) is 0 Å². The number of anilines is 1. The van der Waals surface area contributed by atoms with Crippen molar-refractivity contribution in [3.63, 3.8) is 0 Å². The largest absolute Gasteiger partial charge is 0.508 e. The number of amides is 2. The van der Waals surface area contributed by atoms with Crippen LogP contribution in [0.25, 0.3) is 0 Å². The first-order chi connectivity index (χ1) is 9.95. The van der Waals surface area contributed by atoms with Crippen LogP contribution in [-0.2, 0) is 0 Å². The number of carbonyl (C=O) groups is 2. The van der Waals surface area contributed by atoms with Gasteiger partial charge >= 0.3 is 12.0 Å². The minimum absolute atomic E-state index is 0.131. The zero-order valence-corrected chi connectivity index (χ0v) is 11.9. The van der Waals surface area contributed by atoms with E-state index in [0.717, 1.165) is 31.7 Å². The summed E-state index contributed by atoms with van der Waals surface area (Å²) in [6.07, 6.45) is 4.06. The number of hydrogen-bond acceptors (Lipinski definition) is 3. The minimum Gasteiger partial charge on any atom is -0.508 e. The summed E-state index contributed by atoms with van der Waals surface area (Å²) in [7, 11) is 0. The van der Waals surface area contributed by atoms with Crippen LogP contribution >= 0.6 is 0 Å². The second-order valence-corrected chi connectivity index (χ2v) is 5.59. The summed E-state index contributed by atoms with van der Waals surface area (Å²) < 4.78 is 0. The van der Waals surface area contributed by atoms with E-state index in [4.69, 9.17) is 5.11 Å². The molecular weight excluding hydrogens is 272 g/mol. The first-order valence-corrected chi connectivity index (χ1v) is 7.09. The van der Waals surface area contributed by atoms with Crippen molar-refractivity contribution < 1.29 is 19.8 Å². The molecule has 21 heavy (non-hydrogen) atoms. The first-order valence-electron chi connectivity index (χ1n) is 7.09. The molecule has 0 spiro atoms. The number of urea groups is 1. The van der Waals surface area contributed by atoms with Crippen molar-refractivity contribution in [1.29, 1.82) is 0 Å². The molecule has 0 unspecified atom stereocenters. The molecule has 1 fully saturated rings. The van der Waals surface area contributed by atoms with Crippen LogP contribution in [0.15, 0.2) is 18.2 Å². The topological polar surface area (TPSA) is 98.7 Å². The van der Waals surface area contributed by atoms with E-state index in [0.29, 0.717) is 5.92 Å². The van der Waals surface area contributed by atoms with Crippen LogP contribution in [0.5, 0.6) is 5.75 Å².